The number of benzene rings is 2. The van der Waals surface area contributed by atoms with Gasteiger partial charge >= 0.3 is 0 Å². The number of aromatic hydroxyl groups is 1. The highest BCUT2D eigenvalue weighted by Crippen LogP contribution is 2.42. The average Bonchev–Trinajstić information content (AvgIpc) is 3.12. The summed E-state index contributed by atoms with van der Waals surface area (Å²) in [7, 11) is 0. The quantitative estimate of drug-likeness (QED) is 0.457. The van der Waals surface area contributed by atoms with Gasteiger partial charge < -0.3 is 14.3 Å². The Morgan fingerprint density at radius 1 is 1.23 bits per heavy atom. The van der Waals surface area contributed by atoms with Gasteiger partial charge in [0.05, 0.1) is 6.21 Å². The average molecular weight is 421 g/mol. The lowest BCUT2D eigenvalue weighted by atomic mass is 9.83. The lowest BCUT2D eigenvalue weighted by molar-refractivity contribution is -0.123. The fourth-order valence-corrected chi connectivity index (χ4v) is 4.01. The molecule has 1 aromatic heterocycles. The van der Waals surface area contributed by atoms with E-state index in [1.165, 1.54) is 6.21 Å². The minimum atomic E-state index is -0.378. The number of carbonyl (C=O) groups excluding carboxylic acids is 1. The highest BCUT2D eigenvalue weighted by Gasteiger charge is 2.27. The number of nitrogens with zero attached hydrogens (tertiary/aromatic N) is 1. The Hall–Kier alpha value is -3.28. The number of phenols is 1. The Morgan fingerprint density at radius 3 is 2.71 bits per heavy atom. The number of aryl methyl sites for hydroxylation is 2. The number of carbonyl (C=O) groups is 1. The third-order valence-electron chi connectivity index (χ3n) is 5.56. The number of nitrogens with one attached hydrogen (secondary N) is 1. The Balaban J connectivity index is 1.61. The molecule has 3 aromatic rings. The van der Waals surface area contributed by atoms with E-state index in [-0.39, 0.29) is 23.7 Å². The van der Waals surface area contributed by atoms with Crippen molar-refractivity contribution >= 4 is 23.1 Å². The largest absolute Gasteiger partial charge is 0.507 e. The van der Waals surface area contributed by atoms with Crippen molar-refractivity contribution < 1.29 is 19.1 Å². The van der Waals surface area contributed by atoms with Crippen LogP contribution < -0.4 is 10.2 Å². The van der Waals surface area contributed by atoms with Gasteiger partial charge in [0.2, 0.25) is 0 Å². The molecule has 1 aliphatic rings. The molecule has 0 aliphatic heterocycles. The fourth-order valence-electron chi connectivity index (χ4n) is 4.01. The normalized spacial score (nSPS) is 14.0. The molecule has 162 valence electrons. The number of para-hydroxylation sites is 1. The van der Waals surface area contributed by atoms with Gasteiger partial charge in [-0.2, -0.15) is 5.10 Å². The summed E-state index contributed by atoms with van der Waals surface area (Å²) >= 11 is 0. The number of phenolic OH excluding ortho intramolecular Hbond substituents is 1. The Labute approximate surface area is 181 Å². The van der Waals surface area contributed by atoms with Gasteiger partial charge in [-0.15, -0.1) is 0 Å². The highest BCUT2D eigenvalue weighted by molar-refractivity contribution is 6.04. The van der Waals surface area contributed by atoms with Crippen LogP contribution in [-0.2, 0) is 23.1 Å². The van der Waals surface area contributed by atoms with Gasteiger partial charge in [0.25, 0.3) is 5.91 Å². The summed E-state index contributed by atoms with van der Waals surface area (Å²) in [5.74, 6) is 1.40. The lowest BCUT2D eigenvalue weighted by Gasteiger charge is -2.21. The van der Waals surface area contributed by atoms with Gasteiger partial charge in [0.1, 0.15) is 22.8 Å². The van der Waals surface area contributed by atoms with E-state index in [0.717, 1.165) is 53.5 Å². The highest BCUT2D eigenvalue weighted by atomic mass is 16.5. The molecule has 1 aliphatic carbocycles. The van der Waals surface area contributed by atoms with E-state index >= 15 is 0 Å². The summed E-state index contributed by atoms with van der Waals surface area (Å²) in [5.41, 5.74) is 5.47. The van der Waals surface area contributed by atoms with Crippen LogP contribution in [0.4, 0.5) is 0 Å². The maximum Gasteiger partial charge on any atom is 0.277 e. The van der Waals surface area contributed by atoms with Gasteiger partial charge in [-0.3, -0.25) is 4.79 Å². The van der Waals surface area contributed by atoms with Crippen LogP contribution in [0, 0.1) is 0 Å². The molecule has 4 rings (SSSR count). The third kappa shape index (κ3) is 4.43. The monoisotopic (exact) mass is 420 g/mol. The predicted octanol–water partition coefficient (Wildman–Crippen LogP) is 4.84. The molecule has 0 saturated heterocycles. The predicted molar refractivity (Wildman–Crippen MR) is 121 cm³/mol. The van der Waals surface area contributed by atoms with Gasteiger partial charge in [0.15, 0.2) is 6.61 Å². The van der Waals surface area contributed by atoms with Crippen molar-refractivity contribution in [2.75, 3.05) is 6.61 Å². The smallest absolute Gasteiger partial charge is 0.277 e. The fraction of sp³-hybridized carbons (Fsp3) is 0.360. The van der Waals surface area contributed by atoms with Crippen LogP contribution >= 0.6 is 0 Å². The van der Waals surface area contributed by atoms with Crippen LogP contribution in [0.15, 0.2) is 45.9 Å². The molecular weight excluding hydrogens is 392 g/mol. The van der Waals surface area contributed by atoms with Crippen molar-refractivity contribution in [1.82, 2.24) is 5.43 Å². The maximum atomic E-state index is 12.1. The number of furan rings is 1. The number of hydrazone groups is 1. The second kappa shape index (κ2) is 8.46. The second-order valence-electron chi connectivity index (χ2n) is 8.92. The van der Waals surface area contributed by atoms with E-state index in [2.05, 4.69) is 10.5 Å². The van der Waals surface area contributed by atoms with Crippen molar-refractivity contribution in [3.63, 3.8) is 0 Å². The molecule has 1 amide bonds. The van der Waals surface area contributed by atoms with E-state index < -0.39 is 0 Å². The SMILES string of the molecule is CC(C)(C)c1cc2oc3c(c2c(/C=N\NC(=O)COc2ccccc2)c1O)CCCC3. The van der Waals surface area contributed by atoms with Crippen molar-refractivity contribution in [1.29, 1.82) is 0 Å². The van der Waals surface area contributed by atoms with E-state index in [9.17, 15) is 9.90 Å². The first-order valence-electron chi connectivity index (χ1n) is 10.6. The lowest BCUT2D eigenvalue weighted by Crippen LogP contribution is -2.24. The zero-order valence-corrected chi connectivity index (χ0v) is 18.2. The Bertz CT molecular complexity index is 1120. The molecule has 0 bridgehead atoms. The molecule has 6 heteroatoms. The molecule has 2 aromatic carbocycles. The van der Waals surface area contributed by atoms with Crippen molar-refractivity contribution in [2.24, 2.45) is 5.10 Å². The van der Waals surface area contributed by atoms with Gasteiger partial charge in [-0.25, -0.2) is 5.43 Å². The zero-order chi connectivity index (χ0) is 22.0. The molecule has 0 atom stereocenters. The summed E-state index contributed by atoms with van der Waals surface area (Å²) in [6.07, 6.45) is 5.52. The summed E-state index contributed by atoms with van der Waals surface area (Å²) in [4.78, 5) is 12.1. The summed E-state index contributed by atoms with van der Waals surface area (Å²) in [6, 6.07) is 11.1. The van der Waals surface area contributed by atoms with Crippen LogP contribution in [0.2, 0.25) is 0 Å². The van der Waals surface area contributed by atoms with Gasteiger partial charge in [-0.05, 0) is 42.9 Å². The Morgan fingerprint density at radius 2 is 1.97 bits per heavy atom. The van der Waals surface area contributed by atoms with Crippen LogP contribution in [0.3, 0.4) is 0 Å². The molecule has 1 heterocycles. The third-order valence-corrected chi connectivity index (χ3v) is 5.56. The molecular formula is C25H28N2O4. The first-order chi connectivity index (χ1) is 14.8. The number of hydrogen-bond donors (Lipinski definition) is 2. The summed E-state index contributed by atoms with van der Waals surface area (Å²) < 4.78 is 11.6. The van der Waals surface area contributed by atoms with E-state index in [4.69, 9.17) is 9.15 Å². The molecule has 0 spiro atoms. The van der Waals surface area contributed by atoms with Crippen LogP contribution in [-0.4, -0.2) is 23.8 Å². The summed E-state index contributed by atoms with van der Waals surface area (Å²) in [6.45, 7) is 5.98. The van der Waals surface area contributed by atoms with Crippen LogP contribution in [0.1, 0.15) is 56.1 Å². The number of amides is 1. The standard InChI is InChI=1S/C25H28N2O4/c1-25(2,3)19-13-21-23(17-11-7-8-12-20(17)31-21)18(24(19)29)14-26-27-22(28)15-30-16-9-5-4-6-10-16/h4-6,9-10,13-14,29H,7-8,11-12,15H2,1-3H3,(H,27,28)/b26-14-. The molecule has 0 saturated carbocycles. The zero-order valence-electron chi connectivity index (χ0n) is 18.2. The first kappa shape index (κ1) is 21.0. The van der Waals surface area contributed by atoms with Gasteiger partial charge in [-0.1, -0.05) is 39.0 Å². The number of ether oxygens (including phenoxy) is 1. The van der Waals surface area contributed by atoms with Crippen molar-refractivity contribution in [3.05, 3.63) is 58.8 Å². The van der Waals surface area contributed by atoms with Crippen LogP contribution in [0.5, 0.6) is 11.5 Å². The second-order valence-corrected chi connectivity index (χ2v) is 8.92. The minimum absolute atomic E-state index is 0.147. The number of rotatable bonds is 5. The molecule has 0 fully saturated rings. The van der Waals surface area contributed by atoms with E-state index in [1.807, 2.05) is 45.0 Å². The molecule has 0 unspecified atom stereocenters. The first-order valence-corrected chi connectivity index (χ1v) is 10.6. The maximum absolute atomic E-state index is 12.1. The Kier molecular flexibility index (Phi) is 5.72. The molecule has 6 nitrogen and oxygen atoms in total. The van der Waals surface area contributed by atoms with E-state index in [1.54, 1.807) is 12.1 Å². The van der Waals surface area contributed by atoms with E-state index in [0.29, 0.717) is 11.3 Å². The molecule has 2 N–H and O–H groups in total. The number of fused-ring (bicyclic) bond motifs is 3. The van der Waals surface area contributed by atoms with Crippen LogP contribution in [0.25, 0.3) is 11.0 Å². The molecule has 0 radical (unpaired) electrons. The minimum Gasteiger partial charge on any atom is -0.507 e. The number of hydrogen-bond acceptors (Lipinski definition) is 5. The summed E-state index contributed by atoms with van der Waals surface area (Å²) in [5, 5.41) is 16.1. The van der Waals surface area contributed by atoms with Crippen molar-refractivity contribution in [3.8, 4) is 11.5 Å². The van der Waals surface area contributed by atoms with Crippen molar-refractivity contribution in [2.45, 2.75) is 51.9 Å². The van der Waals surface area contributed by atoms with Gasteiger partial charge in [0, 0.05) is 28.5 Å². The molecule has 31 heavy (non-hydrogen) atoms. The topological polar surface area (TPSA) is 84.1 Å².